The molecule has 1 aliphatic heterocycles. The van der Waals surface area contributed by atoms with Crippen LogP contribution in [0.1, 0.15) is 19.4 Å². The molecule has 1 aromatic rings. The minimum Gasteiger partial charge on any atom is -0.464 e. The molecule has 0 aromatic heterocycles. The lowest BCUT2D eigenvalue weighted by Gasteiger charge is -2.31. The van der Waals surface area contributed by atoms with Crippen LogP contribution in [-0.4, -0.2) is 31.3 Å². The van der Waals surface area contributed by atoms with E-state index in [2.05, 4.69) is 0 Å². The van der Waals surface area contributed by atoms with Gasteiger partial charge in [-0.1, -0.05) is 24.3 Å². The summed E-state index contributed by atoms with van der Waals surface area (Å²) >= 11 is 0. The van der Waals surface area contributed by atoms with Crippen molar-refractivity contribution in [1.82, 2.24) is 0 Å². The molecule has 2 rings (SSSR count). The van der Waals surface area contributed by atoms with E-state index in [0.717, 1.165) is 5.56 Å². The van der Waals surface area contributed by atoms with E-state index in [0.29, 0.717) is 5.69 Å². The molecule has 1 amide bonds. The predicted octanol–water partition coefficient (Wildman–Crippen LogP) is 2.61. The van der Waals surface area contributed by atoms with Gasteiger partial charge < -0.3 is 9.47 Å². The number of fused-ring (bicyclic) bond motifs is 1. The quantitative estimate of drug-likeness (QED) is 0.796. The Kier molecular flexibility index (Phi) is 4.40. The first-order valence-electron chi connectivity index (χ1n) is 6.58. The largest absolute Gasteiger partial charge is 0.464 e. The fourth-order valence-corrected chi connectivity index (χ4v) is 2.10. The molecule has 5 nitrogen and oxygen atoms in total. The number of nitrogens with zero attached hydrogens (tertiary/aromatic N) is 1. The van der Waals surface area contributed by atoms with E-state index < -0.39 is 18.1 Å². The number of para-hydroxylation sites is 1. The van der Waals surface area contributed by atoms with Gasteiger partial charge in [0.15, 0.2) is 6.04 Å². The molecule has 1 unspecified atom stereocenters. The van der Waals surface area contributed by atoms with Crippen LogP contribution in [0.5, 0.6) is 0 Å². The highest BCUT2D eigenvalue weighted by Crippen LogP contribution is 2.29. The van der Waals surface area contributed by atoms with Crippen molar-refractivity contribution in [2.45, 2.75) is 19.9 Å². The van der Waals surface area contributed by atoms with Crippen LogP contribution in [0.2, 0.25) is 0 Å². The Bertz CT molecular complexity index is 538. The van der Waals surface area contributed by atoms with Crippen molar-refractivity contribution in [3.8, 4) is 0 Å². The summed E-state index contributed by atoms with van der Waals surface area (Å²) in [6, 6.07) is 6.55. The van der Waals surface area contributed by atoms with Gasteiger partial charge in [0.25, 0.3) is 0 Å². The minimum atomic E-state index is -0.788. The third-order valence-corrected chi connectivity index (χ3v) is 2.93. The Morgan fingerprint density at radius 1 is 1.15 bits per heavy atom. The van der Waals surface area contributed by atoms with Crippen molar-refractivity contribution in [3.63, 3.8) is 0 Å². The number of hydrogen-bond acceptors (Lipinski definition) is 4. The summed E-state index contributed by atoms with van der Waals surface area (Å²) in [5, 5.41) is 0. The number of rotatable bonds is 3. The first-order valence-corrected chi connectivity index (χ1v) is 6.58. The van der Waals surface area contributed by atoms with E-state index in [-0.39, 0.29) is 13.2 Å². The first-order chi connectivity index (χ1) is 9.69. The number of anilines is 1. The number of amides is 1. The second kappa shape index (κ2) is 6.23. The van der Waals surface area contributed by atoms with Crippen molar-refractivity contribution in [3.05, 3.63) is 35.9 Å². The topological polar surface area (TPSA) is 55.8 Å². The number of carbonyl (C=O) groups is 2. The van der Waals surface area contributed by atoms with Crippen LogP contribution in [0.3, 0.4) is 0 Å². The molecule has 1 aliphatic rings. The van der Waals surface area contributed by atoms with Gasteiger partial charge in [0.1, 0.15) is 0 Å². The zero-order valence-electron chi connectivity index (χ0n) is 11.5. The van der Waals surface area contributed by atoms with E-state index in [1.807, 2.05) is 24.3 Å². The van der Waals surface area contributed by atoms with Gasteiger partial charge in [0.2, 0.25) is 0 Å². The molecule has 0 saturated carbocycles. The Morgan fingerprint density at radius 3 is 2.55 bits per heavy atom. The molecule has 20 heavy (non-hydrogen) atoms. The summed E-state index contributed by atoms with van der Waals surface area (Å²) in [7, 11) is 0. The van der Waals surface area contributed by atoms with Crippen molar-refractivity contribution >= 4 is 23.8 Å². The number of benzene rings is 1. The number of esters is 1. The molecule has 0 aliphatic carbocycles. The average molecular weight is 275 g/mol. The Morgan fingerprint density at radius 2 is 1.85 bits per heavy atom. The molecule has 1 heterocycles. The SMILES string of the molecule is CCOC(=O)C1C=Cc2ccccc2N1C(=O)OCC. The highest BCUT2D eigenvalue weighted by molar-refractivity contribution is 6.01. The van der Waals surface area contributed by atoms with Crippen molar-refractivity contribution in [2.75, 3.05) is 18.1 Å². The third-order valence-electron chi connectivity index (χ3n) is 2.93. The van der Waals surface area contributed by atoms with E-state index in [9.17, 15) is 9.59 Å². The molecule has 0 bridgehead atoms. The fourth-order valence-electron chi connectivity index (χ4n) is 2.10. The maximum atomic E-state index is 12.1. The lowest BCUT2D eigenvalue weighted by Crippen LogP contribution is -2.46. The van der Waals surface area contributed by atoms with Gasteiger partial charge in [-0.2, -0.15) is 0 Å². The normalized spacial score (nSPS) is 16.5. The van der Waals surface area contributed by atoms with Gasteiger partial charge in [-0.05, 0) is 31.6 Å². The standard InChI is InChI=1S/C15H17NO4/c1-3-19-14(17)13-10-9-11-7-5-6-8-12(11)16(13)15(18)20-4-2/h5-10,13H,3-4H2,1-2H3. The molecule has 5 heteroatoms. The zero-order valence-corrected chi connectivity index (χ0v) is 11.5. The minimum absolute atomic E-state index is 0.247. The predicted molar refractivity (Wildman–Crippen MR) is 75.4 cm³/mol. The summed E-state index contributed by atoms with van der Waals surface area (Å²) in [5.41, 5.74) is 1.51. The lowest BCUT2D eigenvalue weighted by molar-refractivity contribution is -0.143. The maximum absolute atomic E-state index is 12.1. The van der Waals surface area contributed by atoms with Gasteiger partial charge in [0, 0.05) is 0 Å². The first kappa shape index (κ1) is 14.1. The maximum Gasteiger partial charge on any atom is 0.415 e. The molecule has 1 aromatic carbocycles. The molecule has 0 saturated heterocycles. The zero-order chi connectivity index (χ0) is 14.5. The summed E-state index contributed by atoms with van der Waals surface area (Å²) < 4.78 is 10.1. The molecule has 0 spiro atoms. The molecule has 0 fully saturated rings. The second-order valence-electron chi connectivity index (χ2n) is 4.18. The molecule has 1 atom stereocenters. The summed E-state index contributed by atoms with van der Waals surface area (Å²) in [4.78, 5) is 25.5. The van der Waals surface area contributed by atoms with Crippen LogP contribution < -0.4 is 4.90 Å². The van der Waals surface area contributed by atoms with Crippen molar-refractivity contribution in [1.29, 1.82) is 0 Å². The Balaban J connectivity index is 2.39. The van der Waals surface area contributed by atoms with Gasteiger partial charge in [-0.3, -0.25) is 4.90 Å². The van der Waals surface area contributed by atoms with Crippen LogP contribution in [-0.2, 0) is 14.3 Å². The third kappa shape index (κ3) is 2.66. The average Bonchev–Trinajstić information content (AvgIpc) is 2.46. The van der Waals surface area contributed by atoms with Gasteiger partial charge in [0.05, 0.1) is 18.9 Å². The highest BCUT2D eigenvalue weighted by Gasteiger charge is 2.34. The molecule has 0 radical (unpaired) electrons. The number of hydrogen-bond donors (Lipinski definition) is 0. The van der Waals surface area contributed by atoms with Crippen LogP contribution in [0.15, 0.2) is 30.3 Å². The van der Waals surface area contributed by atoms with Crippen LogP contribution in [0.25, 0.3) is 6.08 Å². The smallest absolute Gasteiger partial charge is 0.415 e. The highest BCUT2D eigenvalue weighted by atomic mass is 16.6. The van der Waals surface area contributed by atoms with Gasteiger partial charge in [-0.25, -0.2) is 9.59 Å². The molecular weight excluding hydrogens is 258 g/mol. The Labute approximate surface area is 117 Å². The molecule has 106 valence electrons. The molecular formula is C15H17NO4. The van der Waals surface area contributed by atoms with E-state index in [4.69, 9.17) is 9.47 Å². The number of ether oxygens (including phenoxy) is 2. The van der Waals surface area contributed by atoms with Crippen LogP contribution in [0, 0.1) is 0 Å². The second-order valence-corrected chi connectivity index (χ2v) is 4.18. The summed E-state index contributed by atoms with van der Waals surface area (Å²) in [6.45, 7) is 3.97. The van der Waals surface area contributed by atoms with Crippen LogP contribution in [0.4, 0.5) is 10.5 Å². The lowest BCUT2D eigenvalue weighted by atomic mass is 10.0. The van der Waals surface area contributed by atoms with E-state index >= 15 is 0 Å². The fraction of sp³-hybridized carbons (Fsp3) is 0.333. The van der Waals surface area contributed by atoms with Gasteiger partial charge >= 0.3 is 12.1 Å². The van der Waals surface area contributed by atoms with Gasteiger partial charge in [-0.15, -0.1) is 0 Å². The number of carbonyl (C=O) groups excluding carboxylic acids is 2. The molecule has 0 N–H and O–H groups in total. The van der Waals surface area contributed by atoms with Crippen molar-refractivity contribution in [2.24, 2.45) is 0 Å². The monoisotopic (exact) mass is 275 g/mol. The Hall–Kier alpha value is -2.30. The van der Waals surface area contributed by atoms with Crippen molar-refractivity contribution < 1.29 is 19.1 Å². The van der Waals surface area contributed by atoms with Crippen LogP contribution >= 0.6 is 0 Å². The van der Waals surface area contributed by atoms with E-state index in [1.54, 1.807) is 26.0 Å². The summed E-state index contributed by atoms with van der Waals surface area (Å²) in [6.07, 6.45) is 2.91. The van der Waals surface area contributed by atoms with E-state index in [1.165, 1.54) is 4.90 Å². The summed E-state index contributed by atoms with van der Waals surface area (Å²) in [5.74, 6) is -0.466.